The van der Waals surface area contributed by atoms with Crippen LogP contribution in [-0.4, -0.2) is 46.7 Å². The minimum atomic E-state index is 0.118. The third-order valence-corrected chi connectivity index (χ3v) is 4.34. The van der Waals surface area contributed by atoms with Crippen molar-refractivity contribution in [3.8, 4) is 17.1 Å². The number of hydrogen-bond acceptors (Lipinski definition) is 6. The average molecular weight is 344 g/mol. The molecule has 1 amide bonds. The molecule has 2 heterocycles. The third kappa shape index (κ3) is 4.57. The Kier molecular flexibility index (Phi) is 5.65. The Morgan fingerprint density at radius 2 is 2.04 bits per heavy atom. The molecule has 2 aromatic rings. The molecular weight excluding hydrogens is 320 g/mol. The van der Waals surface area contributed by atoms with Crippen molar-refractivity contribution < 1.29 is 14.1 Å². The lowest BCUT2D eigenvalue weighted by Gasteiger charge is -2.30. The zero-order chi connectivity index (χ0) is 17.6. The first-order valence-corrected chi connectivity index (χ1v) is 8.75. The highest BCUT2D eigenvalue weighted by Gasteiger charge is 2.21. The Morgan fingerprint density at radius 1 is 1.32 bits per heavy atom. The third-order valence-electron chi connectivity index (χ3n) is 4.34. The van der Waals surface area contributed by atoms with Gasteiger partial charge in [0.25, 0.3) is 0 Å². The summed E-state index contributed by atoms with van der Waals surface area (Å²) in [5.74, 6) is 1.93. The standard InChI is InChI=1S/C18H24N4O3/c1-2-24-15-5-3-13(4-6-15)18-20-16(25-21-18)7-8-17(23)22-11-9-14(19)10-12-22/h3-6,14H,2,7-12,19H2,1H3. The van der Waals surface area contributed by atoms with E-state index >= 15 is 0 Å². The maximum Gasteiger partial charge on any atom is 0.227 e. The summed E-state index contributed by atoms with van der Waals surface area (Å²) in [4.78, 5) is 18.5. The number of hydrogen-bond donors (Lipinski definition) is 1. The van der Waals surface area contributed by atoms with E-state index in [0.717, 1.165) is 37.2 Å². The minimum absolute atomic E-state index is 0.118. The number of likely N-dealkylation sites (tertiary alicyclic amines) is 1. The zero-order valence-electron chi connectivity index (χ0n) is 14.5. The van der Waals surface area contributed by atoms with Gasteiger partial charge in [0.1, 0.15) is 5.75 Å². The van der Waals surface area contributed by atoms with Crippen LogP contribution in [0.5, 0.6) is 5.75 Å². The lowest BCUT2D eigenvalue weighted by atomic mass is 10.1. The summed E-state index contributed by atoms with van der Waals surface area (Å²) in [7, 11) is 0. The van der Waals surface area contributed by atoms with Crippen LogP contribution in [0.25, 0.3) is 11.4 Å². The van der Waals surface area contributed by atoms with E-state index in [2.05, 4.69) is 10.1 Å². The number of piperidine rings is 1. The van der Waals surface area contributed by atoms with Gasteiger partial charge in [-0.25, -0.2) is 0 Å². The van der Waals surface area contributed by atoms with Gasteiger partial charge in [-0.3, -0.25) is 4.79 Å². The smallest absolute Gasteiger partial charge is 0.227 e. The van der Waals surface area contributed by atoms with Crippen molar-refractivity contribution >= 4 is 5.91 Å². The number of benzene rings is 1. The van der Waals surface area contributed by atoms with Crippen LogP contribution in [-0.2, 0) is 11.2 Å². The molecule has 0 saturated carbocycles. The Bertz CT molecular complexity index is 691. The number of amides is 1. The van der Waals surface area contributed by atoms with Crippen molar-refractivity contribution in [3.05, 3.63) is 30.2 Å². The molecule has 0 unspecified atom stereocenters. The lowest BCUT2D eigenvalue weighted by molar-refractivity contribution is -0.132. The van der Waals surface area contributed by atoms with Crippen LogP contribution in [0.3, 0.4) is 0 Å². The fourth-order valence-electron chi connectivity index (χ4n) is 2.86. The number of aromatic nitrogens is 2. The fraction of sp³-hybridized carbons (Fsp3) is 0.500. The number of rotatable bonds is 6. The minimum Gasteiger partial charge on any atom is -0.494 e. The molecule has 1 aromatic heterocycles. The molecular formula is C18H24N4O3. The van der Waals surface area contributed by atoms with Crippen LogP contribution in [0.15, 0.2) is 28.8 Å². The average Bonchev–Trinajstić information content (AvgIpc) is 3.10. The number of aryl methyl sites for hydroxylation is 1. The number of ether oxygens (including phenoxy) is 1. The molecule has 25 heavy (non-hydrogen) atoms. The van der Waals surface area contributed by atoms with E-state index < -0.39 is 0 Å². The molecule has 1 fully saturated rings. The summed E-state index contributed by atoms with van der Waals surface area (Å²) in [6, 6.07) is 7.75. The molecule has 7 nitrogen and oxygen atoms in total. The summed E-state index contributed by atoms with van der Waals surface area (Å²) < 4.78 is 10.7. The van der Waals surface area contributed by atoms with Gasteiger partial charge < -0.3 is 19.9 Å². The molecule has 1 aliphatic heterocycles. The molecule has 0 radical (unpaired) electrons. The van der Waals surface area contributed by atoms with Crippen LogP contribution in [0.2, 0.25) is 0 Å². The Balaban J connectivity index is 1.53. The molecule has 0 atom stereocenters. The summed E-state index contributed by atoms with van der Waals surface area (Å²) in [6.07, 6.45) is 2.56. The van der Waals surface area contributed by atoms with Gasteiger partial charge in [0.15, 0.2) is 0 Å². The lowest BCUT2D eigenvalue weighted by Crippen LogP contribution is -2.42. The SMILES string of the molecule is CCOc1ccc(-c2noc(CCC(=O)N3CCC(N)CC3)n2)cc1. The summed E-state index contributed by atoms with van der Waals surface area (Å²) in [5.41, 5.74) is 6.72. The summed E-state index contributed by atoms with van der Waals surface area (Å²) in [5, 5.41) is 3.99. The highest BCUT2D eigenvalue weighted by atomic mass is 16.5. The number of carbonyl (C=O) groups is 1. The van der Waals surface area contributed by atoms with Gasteiger partial charge in [-0.2, -0.15) is 4.98 Å². The summed E-state index contributed by atoms with van der Waals surface area (Å²) in [6.45, 7) is 4.05. The van der Waals surface area contributed by atoms with Gasteiger partial charge in [-0.1, -0.05) is 5.16 Å². The van der Waals surface area contributed by atoms with Crippen molar-refractivity contribution in [3.63, 3.8) is 0 Å². The van der Waals surface area contributed by atoms with E-state index in [-0.39, 0.29) is 11.9 Å². The van der Waals surface area contributed by atoms with E-state index in [1.54, 1.807) is 0 Å². The topological polar surface area (TPSA) is 94.5 Å². The second kappa shape index (κ2) is 8.11. The molecule has 1 saturated heterocycles. The monoisotopic (exact) mass is 344 g/mol. The molecule has 2 N–H and O–H groups in total. The Labute approximate surface area is 147 Å². The predicted octanol–water partition coefficient (Wildman–Crippen LogP) is 2.02. The predicted molar refractivity (Wildman–Crippen MR) is 93.0 cm³/mol. The van der Waals surface area contributed by atoms with Crippen molar-refractivity contribution in [2.24, 2.45) is 5.73 Å². The molecule has 0 aliphatic carbocycles. The van der Waals surface area contributed by atoms with Crippen LogP contribution in [0.1, 0.15) is 32.1 Å². The molecule has 1 aliphatic rings. The van der Waals surface area contributed by atoms with Gasteiger partial charge in [0, 0.05) is 37.5 Å². The first-order chi connectivity index (χ1) is 12.2. The van der Waals surface area contributed by atoms with Crippen molar-refractivity contribution in [1.82, 2.24) is 15.0 Å². The quantitative estimate of drug-likeness (QED) is 0.861. The zero-order valence-corrected chi connectivity index (χ0v) is 14.5. The molecule has 0 spiro atoms. The number of carbonyl (C=O) groups excluding carboxylic acids is 1. The van der Waals surface area contributed by atoms with Crippen LogP contribution >= 0.6 is 0 Å². The van der Waals surface area contributed by atoms with Gasteiger partial charge >= 0.3 is 0 Å². The number of nitrogens with two attached hydrogens (primary N) is 1. The van der Waals surface area contributed by atoms with Crippen molar-refractivity contribution in [2.75, 3.05) is 19.7 Å². The molecule has 1 aromatic carbocycles. The Hall–Kier alpha value is -2.41. The fourth-order valence-corrected chi connectivity index (χ4v) is 2.86. The maximum atomic E-state index is 12.2. The van der Waals surface area contributed by atoms with E-state index in [0.29, 0.717) is 31.2 Å². The van der Waals surface area contributed by atoms with Gasteiger partial charge in [0.05, 0.1) is 6.61 Å². The maximum absolute atomic E-state index is 12.2. The van der Waals surface area contributed by atoms with E-state index in [1.807, 2.05) is 36.1 Å². The van der Waals surface area contributed by atoms with Gasteiger partial charge in [-0.15, -0.1) is 0 Å². The van der Waals surface area contributed by atoms with Gasteiger partial charge in [-0.05, 0) is 44.0 Å². The second-order valence-electron chi connectivity index (χ2n) is 6.19. The molecule has 0 bridgehead atoms. The normalized spacial score (nSPS) is 15.4. The van der Waals surface area contributed by atoms with Gasteiger partial charge in [0.2, 0.25) is 17.6 Å². The second-order valence-corrected chi connectivity index (χ2v) is 6.19. The summed E-state index contributed by atoms with van der Waals surface area (Å²) >= 11 is 0. The van der Waals surface area contributed by atoms with Crippen LogP contribution < -0.4 is 10.5 Å². The first kappa shape index (κ1) is 17.4. The van der Waals surface area contributed by atoms with Crippen LogP contribution in [0, 0.1) is 0 Å². The van der Waals surface area contributed by atoms with Crippen molar-refractivity contribution in [1.29, 1.82) is 0 Å². The highest BCUT2D eigenvalue weighted by molar-refractivity contribution is 5.76. The van der Waals surface area contributed by atoms with Crippen molar-refractivity contribution in [2.45, 2.75) is 38.6 Å². The molecule has 3 rings (SSSR count). The Morgan fingerprint density at radius 3 is 2.72 bits per heavy atom. The highest BCUT2D eigenvalue weighted by Crippen LogP contribution is 2.20. The first-order valence-electron chi connectivity index (χ1n) is 8.75. The molecule has 7 heteroatoms. The van der Waals surface area contributed by atoms with E-state index in [4.69, 9.17) is 15.0 Å². The van der Waals surface area contributed by atoms with E-state index in [1.165, 1.54) is 0 Å². The van der Waals surface area contributed by atoms with E-state index in [9.17, 15) is 4.79 Å². The number of nitrogens with zero attached hydrogens (tertiary/aromatic N) is 3. The van der Waals surface area contributed by atoms with Crippen LogP contribution in [0.4, 0.5) is 0 Å². The molecule has 134 valence electrons. The largest absolute Gasteiger partial charge is 0.494 e.